The van der Waals surface area contributed by atoms with Crippen molar-refractivity contribution < 1.29 is 4.79 Å². The SMILES string of the molecule is CCN(CC)Cc1ccc(CNC(=O)/C=C/c2ccc(C)cc2)cc1. The standard InChI is InChI=1S/C22H28N2O/c1-4-24(5-2)17-21-12-10-20(11-13-21)16-23-22(25)15-14-19-8-6-18(3)7-9-19/h6-15H,4-5,16-17H2,1-3H3,(H,23,25)/b15-14+. The zero-order valence-corrected chi connectivity index (χ0v) is 15.5. The monoisotopic (exact) mass is 336 g/mol. The number of nitrogens with zero attached hydrogens (tertiary/aromatic N) is 1. The van der Waals surface area contributed by atoms with Gasteiger partial charge in [-0.05, 0) is 42.8 Å². The summed E-state index contributed by atoms with van der Waals surface area (Å²) in [5.74, 6) is -0.0761. The molecule has 0 saturated carbocycles. The minimum atomic E-state index is -0.0761. The number of carbonyl (C=O) groups is 1. The lowest BCUT2D eigenvalue weighted by atomic mass is 10.1. The Morgan fingerprint density at radius 2 is 1.56 bits per heavy atom. The van der Waals surface area contributed by atoms with E-state index in [1.165, 1.54) is 11.1 Å². The van der Waals surface area contributed by atoms with Crippen LogP contribution in [0.15, 0.2) is 54.6 Å². The van der Waals surface area contributed by atoms with Crippen molar-refractivity contribution in [2.75, 3.05) is 13.1 Å². The molecule has 2 aromatic carbocycles. The van der Waals surface area contributed by atoms with Crippen LogP contribution in [0.5, 0.6) is 0 Å². The van der Waals surface area contributed by atoms with Crippen LogP contribution in [0.25, 0.3) is 6.08 Å². The van der Waals surface area contributed by atoms with Crippen molar-refractivity contribution in [1.29, 1.82) is 0 Å². The van der Waals surface area contributed by atoms with E-state index in [0.29, 0.717) is 6.54 Å². The third-order valence-corrected chi connectivity index (χ3v) is 4.29. The molecule has 0 aliphatic rings. The Balaban J connectivity index is 1.82. The fourth-order valence-electron chi connectivity index (χ4n) is 2.57. The van der Waals surface area contributed by atoms with Crippen LogP contribution in [0.2, 0.25) is 0 Å². The van der Waals surface area contributed by atoms with Gasteiger partial charge in [0.15, 0.2) is 0 Å². The molecule has 0 aromatic heterocycles. The molecule has 0 radical (unpaired) electrons. The maximum absolute atomic E-state index is 11.9. The highest BCUT2D eigenvalue weighted by atomic mass is 16.1. The van der Waals surface area contributed by atoms with Gasteiger partial charge in [0.2, 0.25) is 5.91 Å². The molecule has 1 amide bonds. The largest absolute Gasteiger partial charge is 0.348 e. The highest BCUT2D eigenvalue weighted by molar-refractivity contribution is 5.91. The first-order valence-electron chi connectivity index (χ1n) is 8.93. The summed E-state index contributed by atoms with van der Waals surface area (Å²) in [5.41, 5.74) is 4.66. The number of benzene rings is 2. The van der Waals surface area contributed by atoms with Crippen LogP contribution < -0.4 is 5.32 Å². The molecule has 0 atom stereocenters. The summed E-state index contributed by atoms with van der Waals surface area (Å²) in [5, 5.41) is 2.93. The number of carbonyl (C=O) groups excluding carboxylic acids is 1. The van der Waals surface area contributed by atoms with E-state index in [9.17, 15) is 4.79 Å². The molecular weight excluding hydrogens is 308 g/mol. The third kappa shape index (κ3) is 6.55. The number of amides is 1. The molecule has 0 spiro atoms. The van der Waals surface area contributed by atoms with Gasteiger partial charge in [0.25, 0.3) is 0 Å². The van der Waals surface area contributed by atoms with E-state index >= 15 is 0 Å². The predicted molar refractivity (Wildman–Crippen MR) is 105 cm³/mol. The van der Waals surface area contributed by atoms with Crippen LogP contribution in [0.3, 0.4) is 0 Å². The van der Waals surface area contributed by atoms with E-state index in [1.54, 1.807) is 6.08 Å². The highest BCUT2D eigenvalue weighted by Crippen LogP contribution is 2.08. The van der Waals surface area contributed by atoms with Crippen molar-refractivity contribution in [3.63, 3.8) is 0 Å². The Morgan fingerprint density at radius 1 is 0.960 bits per heavy atom. The predicted octanol–water partition coefficient (Wildman–Crippen LogP) is 4.17. The van der Waals surface area contributed by atoms with Gasteiger partial charge in [-0.25, -0.2) is 0 Å². The quantitative estimate of drug-likeness (QED) is 0.734. The van der Waals surface area contributed by atoms with E-state index in [1.807, 2.05) is 37.3 Å². The number of hydrogen-bond acceptors (Lipinski definition) is 2. The van der Waals surface area contributed by atoms with Crippen molar-refractivity contribution >= 4 is 12.0 Å². The van der Waals surface area contributed by atoms with E-state index in [2.05, 4.69) is 48.3 Å². The fourth-order valence-corrected chi connectivity index (χ4v) is 2.57. The smallest absolute Gasteiger partial charge is 0.244 e. The second-order valence-corrected chi connectivity index (χ2v) is 6.24. The zero-order valence-electron chi connectivity index (χ0n) is 15.5. The summed E-state index contributed by atoms with van der Waals surface area (Å²) in [6.45, 7) is 10.0. The molecule has 3 heteroatoms. The minimum absolute atomic E-state index is 0.0761. The summed E-state index contributed by atoms with van der Waals surface area (Å²) < 4.78 is 0. The highest BCUT2D eigenvalue weighted by Gasteiger charge is 2.02. The Labute approximate surface area is 151 Å². The summed E-state index contributed by atoms with van der Waals surface area (Å²) in [7, 11) is 0. The van der Waals surface area contributed by atoms with Gasteiger partial charge >= 0.3 is 0 Å². The van der Waals surface area contributed by atoms with Gasteiger partial charge in [0.05, 0.1) is 0 Å². The first kappa shape index (κ1) is 18.9. The summed E-state index contributed by atoms with van der Waals surface area (Å²) in [6.07, 6.45) is 3.42. The average Bonchev–Trinajstić information content (AvgIpc) is 2.65. The van der Waals surface area contributed by atoms with Gasteiger partial charge in [-0.2, -0.15) is 0 Å². The van der Waals surface area contributed by atoms with Crippen LogP contribution in [0.4, 0.5) is 0 Å². The van der Waals surface area contributed by atoms with Gasteiger partial charge in [-0.15, -0.1) is 0 Å². The zero-order chi connectivity index (χ0) is 18.1. The van der Waals surface area contributed by atoms with Gasteiger partial charge in [0, 0.05) is 19.2 Å². The molecule has 132 valence electrons. The Morgan fingerprint density at radius 3 is 2.16 bits per heavy atom. The molecule has 1 N–H and O–H groups in total. The first-order chi connectivity index (χ1) is 12.1. The summed E-state index contributed by atoms with van der Waals surface area (Å²) in [4.78, 5) is 14.3. The van der Waals surface area contributed by atoms with E-state index in [4.69, 9.17) is 0 Å². The maximum Gasteiger partial charge on any atom is 0.244 e. The Hall–Kier alpha value is -2.39. The van der Waals surface area contributed by atoms with Crippen molar-refractivity contribution in [2.24, 2.45) is 0 Å². The van der Waals surface area contributed by atoms with Crippen LogP contribution >= 0.6 is 0 Å². The third-order valence-electron chi connectivity index (χ3n) is 4.29. The lowest BCUT2D eigenvalue weighted by molar-refractivity contribution is -0.116. The van der Waals surface area contributed by atoms with Gasteiger partial charge < -0.3 is 5.32 Å². The number of hydrogen-bond donors (Lipinski definition) is 1. The molecule has 2 rings (SSSR count). The van der Waals surface area contributed by atoms with Crippen molar-refractivity contribution in [2.45, 2.75) is 33.9 Å². The number of rotatable bonds is 8. The van der Waals surface area contributed by atoms with Crippen molar-refractivity contribution in [3.8, 4) is 0 Å². The fraction of sp³-hybridized carbons (Fsp3) is 0.318. The molecule has 0 aliphatic carbocycles. The maximum atomic E-state index is 11.9. The van der Waals surface area contributed by atoms with E-state index < -0.39 is 0 Å². The molecule has 0 bridgehead atoms. The molecular formula is C22H28N2O. The van der Waals surface area contributed by atoms with Crippen LogP contribution in [0, 0.1) is 6.92 Å². The molecule has 0 aliphatic heterocycles. The number of aryl methyl sites for hydroxylation is 1. The molecule has 3 nitrogen and oxygen atoms in total. The summed E-state index contributed by atoms with van der Waals surface area (Å²) in [6, 6.07) is 16.5. The van der Waals surface area contributed by atoms with Gasteiger partial charge in [0.1, 0.15) is 0 Å². The average molecular weight is 336 g/mol. The van der Waals surface area contributed by atoms with E-state index in [0.717, 1.165) is 30.8 Å². The van der Waals surface area contributed by atoms with Gasteiger partial charge in [-0.3, -0.25) is 9.69 Å². The molecule has 0 unspecified atom stereocenters. The molecule has 0 fully saturated rings. The lowest BCUT2D eigenvalue weighted by Crippen LogP contribution is -2.22. The lowest BCUT2D eigenvalue weighted by Gasteiger charge is -2.18. The molecule has 0 saturated heterocycles. The number of nitrogens with one attached hydrogen (secondary N) is 1. The van der Waals surface area contributed by atoms with Crippen molar-refractivity contribution in [1.82, 2.24) is 10.2 Å². The van der Waals surface area contributed by atoms with Crippen LogP contribution in [-0.2, 0) is 17.9 Å². The second kappa shape index (κ2) is 9.80. The summed E-state index contributed by atoms with van der Waals surface area (Å²) >= 11 is 0. The van der Waals surface area contributed by atoms with Crippen molar-refractivity contribution in [3.05, 3.63) is 76.9 Å². The van der Waals surface area contributed by atoms with Gasteiger partial charge in [-0.1, -0.05) is 67.9 Å². The molecule has 25 heavy (non-hydrogen) atoms. The van der Waals surface area contributed by atoms with E-state index in [-0.39, 0.29) is 5.91 Å². The van der Waals surface area contributed by atoms with Crippen LogP contribution in [0.1, 0.15) is 36.1 Å². The Bertz CT molecular complexity index is 683. The second-order valence-electron chi connectivity index (χ2n) is 6.24. The van der Waals surface area contributed by atoms with Crippen LogP contribution in [-0.4, -0.2) is 23.9 Å². The first-order valence-corrected chi connectivity index (χ1v) is 8.93. The molecule has 0 heterocycles. The molecule has 2 aromatic rings. The Kier molecular flexibility index (Phi) is 7.42. The normalized spacial score (nSPS) is 11.2. The minimum Gasteiger partial charge on any atom is -0.348 e. The topological polar surface area (TPSA) is 32.3 Å².